The molecule has 12 heteroatoms. The maximum atomic E-state index is 13.5. The number of rotatable bonds is 3. The van der Waals surface area contributed by atoms with Gasteiger partial charge in [0, 0.05) is 37.3 Å². The molecule has 1 saturated heterocycles. The fraction of sp³-hybridized carbons (Fsp3) is 0.391. The number of hydrogen-bond donors (Lipinski definition) is 1. The van der Waals surface area contributed by atoms with Crippen molar-refractivity contribution < 1.29 is 32.3 Å². The minimum atomic E-state index is -5.08. The number of fused-ring (bicyclic) bond motifs is 1. The van der Waals surface area contributed by atoms with E-state index in [1.165, 1.54) is 12.1 Å². The Kier molecular flexibility index (Phi) is 6.75. The van der Waals surface area contributed by atoms with Gasteiger partial charge in [-0.25, -0.2) is 13.7 Å². The highest BCUT2D eigenvalue weighted by molar-refractivity contribution is 5.81. The average molecular weight is 493 g/mol. The third-order valence-electron chi connectivity index (χ3n) is 6.04. The van der Waals surface area contributed by atoms with E-state index in [9.17, 15) is 22.4 Å². The second kappa shape index (κ2) is 9.61. The molecule has 3 heterocycles. The zero-order chi connectivity index (χ0) is 25.3. The molecule has 0 radical (unpaired) electrons. The van der Waals surface area contributed by atoms with Crippen LogP contribution in [0.3, 0.4) is 0 Å². The second-order valence-electron chi connectivity index (χ2n) is 8.59. The highest BCUT2D eigenvalue weighted by atomic mass is 19.4. The largest absolute Gasteiger partial charge is 0.490 e. The van der Waals surface area contributed by atoms with Crippen LogP contribution in [0.5, 0.6) is 0 Å². The number of alkyl halides is 3. The third kappa shape index (κ3) is 5.59. The first-order valence-electron chi connectivity index (χ1n) is 10.9. The lowest BCUT2D eigenvalue weighted by Crippen LogP contribution is -2.49. The first-order valence-corrected chi connectivity index (χ1v) is 10.9. The van der Waals surface area contributed by atoms with Crippen molar-refractivity contribution in [1.82, 2.24) is 24.6 Å². The number of pyridine rings is 1. The highest BCUT2D eigenvalue weighted by Crippen LogP contribution is 2.34. The van der Waals surface area contributed by atoms with Crippen molar-refractivity contribution in [2.75, 3.05) is 26.7 Å². The highest BCUT2D eigenvalue weighted by Gasteiger charge is 2.39. The summed E-state index contributed by atoms with van der Waals surface area (Å²) < 4.78 is 47.0. The normalized spacial score (nSPS) is 18.8. The molecule has 0 bridgehead atoms. The number of carboxylic acids is 1. The quantitative estimate of drug-likeness (QED) is 0.563. The van der Waals surface area contributed by atoms with E-state index in [1.54, 1.807) is 10.6 Å². The molecule has 0 spiro atoms. The number of likely N-dealkylation sites (N-methyl/N-ethyl adjacent to an activating group) is 1. The number of amides is 1. The van der Waals surface area contributed by atoms with E-state index >= 15 is 0 Å². The predicted molar refractivity (Wildman–Crippen MR) is 117 cm³/mol. The fourth-order valence-corrected chi connectivity index (χ4v) is 3.95. The maximum Gasteiger partial charge on any atom is 0.490 e. The SMILES string of the molecule is CN1CCN(C(=O)C2CC2)CC1c1nnn2cc(-c3cccc(F)c3)ccc12.O=C(O)C(F)(F)F. The maximum absolute atomic E-state index is 13.5. The number of nitrogens with zero attached hydrogens (tertiary/aromatic N) is 5. The molecule has 186 valence electrons. The van der Waals surface area contributed by atoms with Crippen LogP contribution in [-0.2, 0) is 9.59 Å². The molecule has 1 amide bonds. The molecule has 1 unspecified atom stereocenters. The van der Waals surface area contributed by atoms with Gasteiger partial charge in [0.15, 0.2) is 0 Å². The minimum Gasteiger partial charge on any atom is -0.475 e. The van der Waals surface area contributed by atoms with E-state index in [4.69, 9.17) is 9.90 Å². The summed E-state index contributed by atoms with van der Waals surface area (Å²) in [4.78, 5) is 25.6. The Balaban J connectivity index is 0.000000364. The number of carbonyl (C=O) groups excluding carboxylic acids is 1. The Morgan fingerprint density at radius 3 is 2.43 bits per heavy atom. The fourth-order valence-electron chi connectivity index (χ4n) is 3.95. The van der Waals surface area contributed by atoms with Crippen LogP contribution in [0.1, 0.15) is 24.6 Å². The number of benzene rings is 1. The van der Waals surface area contributed by atoms with E-state index in [-0.39, 0.29) is 23.7 Å². The van der Waals surface area contributed by atoms with E-state index in [0.717, 1.165) is 48.3 Å². The Morgan fingerprint density at radius 1 is 1.09 bits per heavy atom. The van der Waals surface area contributed by atoms with Crippen LogP contribution < -0.4 is 0 Å². The van der Waals surface area contributed by atoms with E-state index in [2.05, 4.69) is 22.3 Å². The van der Waals surface area contributed by atoms with Gasteiger partial charge in [-0.05, 0) is 43.7 Å². The topological polar surface area (TPSA) is 91.0 Å². The predicted octanol–water partition coefficient (Wildman–Crippen LogP) is 3.39. The van der Waals surface area contributed by atoms with E-state index in [0.29, 0.717) is 6.54 Å². The van der Waals surface area contributed by atoms with Crippen molar-refractivity contribution in [3.05, 3.63) is 54.1 Å². The summed E-state index contributed by atoms with van der Waals surface area (Å²) in [6.07, 6.45) is -1.17. The summed E-state index contributed by atoms with van der Waals surface area (Å²) in [5.74, 6) is -2.51. The molecular formula is C23H23F4N5O3. The molecule has 1 atom stereocenters. The molecule has 8 nitrogen and oxygen atoms in total. The summed E-state index contributed by atoms with van der Waals surface area (Å²) in [5, 5.41) is 15.9. The third-order valence-corrected chi connectivity index (χ3v) is 6.04. The van der Waals surface area contributed by atoms with Crippen molar-refractivity contribution in [1.29, 1.82) is 0 Å². The number of hydrogen-bond acceptors (Lipinski definition) is 5. The van der Waals surface area contributed by atoms with Gasteiger partial charge in [0.2, 0.25) is 5.91 Å². The van der Waals surface area contributed by atoms with Crippen molar-refractivity contribution >= 4 is 17.4 Å². The van der Waals surface area contributed by atoms with Gasteiger partial charge >= 0.3 is 12.1 Å². The smallest absolute Gasteiger partial charge is 0.475 e. The second-order valence-corrected chi connectivity index (χ2v) is 8.59. The molecule has 1 aromatic carbocycles. The monoisotopic (exact) mass is 493 g/mol. The van der Waals surface area contributed by atoms with Crippen molar-refractivity contribution in [3.8, 4) is 11.1 Å². The number of aliphatic carboxylic acids is 1. The van der Waals surface area contributed by atoms with Crippen LogP contribution in [0.25, 0.3) is 16.6 Å². The van der Waals surface area contributed by atoms with Crippen LogP contribution in [-0.4, -0.2) is 74.5 Å². The molecule has 2 fully saturated rings. The van der Waals surface area contributed by atoms with Gasteiger partial charge in [-0.2, -0.15) is 13.2 Å². The van der Waals surface area contributed by atoms with Gasteiger partial charge in [-0.15, -0.1) is 5.10 Å². The van der Waals surface area contributed by atoms with Gasteiger partial charge in [0.05, 0.1) is 11.6 Å². The molecule has 1 saturated carbocycles. The summed E-state index contributed by atoms with van der Waals surface area (Å²) in [7, 11) is 2.07. The minimum absolute atomic E-state index is 0.0222. The van der Waals surface area contributed by atoms with Crippen molar-refractivity contribution in [2.24, 2.45) is 5.92 Å². The molecule has 1 N–H and O–H groups in total. The molecule has 3 aromatic rings. The first-order chi connectivity index (χ1) is 16.5. The van der Waals surface area contributed by atoms with Crippen LogP contribution >= 0.6 is 0 Å². The molecule has 5 rings (SSSR count). The van der Waals surface area contributed by atoms with Gasteiger partial charge in [-0.1, -0.05) is 23.4 Å². The van der Waals surface area contributed by atoms with Crippen molar-refractivity contribution in [2.45, 2.75) is 25.1 Å². The van der Waals surface area contributed by atoms with Crippen molar-refractivity contribution in [3.63, 3.8) is 0 Å². The van der Waals surface area contributed by atoms with Gasteiger partial charge in [0.1, 0.15) is 11.5 Å². The number of halogens is 4. The van der Waals surface area contributed by atoms with E-state index < -0.39 is 12.1 Å². The number of carboxylic acid groups (broad SMARTS) is 1. The molecule has 2 aliphatic rings. The average Bonchev–Trinajstić information content (AvgIpc) is 3.58. The molecule has 2 aromatic heterocycles. The first kappa shape index (κ1) is 24.6. The lowest BCUT2D eigenvalue weighted by atomic mass is 10.1. The molecule has 35 heavy (non-hydrogen) atoms. The Morgan fingerprint density at radius 2 is 1.80 bits per heavy atom. The zero-order valence-electron chi connectivity index (χ0n) is 18.7. The summed E-state index contributed by atoms with van der Waals surface area (Å²) in [6.45, 7) is 2.24. The van der Waals surface area contributed by atoms with Crippen LogP contribution in [0.2, 0.25) is 0 Å². The standard InChI is InChI=1S/C21H22FN5O.C2HF3O2/c1-25-9-10-26(21(28)14-5-6-14)13-19(25)20-18-8-7-16(12-27(18)24-23-20)15-3-2-4-17(22)11-15;3-2(4,5)1(6)7/h2-4,7-8,11-12,14,19H,5-6,9-10,13H2,1H3;(H,6,7). The number of piperazine rings is 1. The summed E-state index contributed by atoms with van der Waals surface area (Å²) in [6, 6.07) is 10.5. The van der Waals surface area contributed by atoms with Gasteiger partial charge < -0.3 is 10.0 Å². The number of aromatic nitrogens is 3. The lowest BCUT2D eigenvalue weighted by Gasteiger charge is -2.38. The number of carbonyl (C=O) groups is 2. The molecular weight excluding hydrogens is 470 g/mol. The van der Waals surface area contributed by atoms with E-state index in [1.807, 2.05) is 29.3 Å². The van der Waals surface area contributed by atoms with Crippen LogP contribution in [0.15, 0.2) is 42.6 Å². The Bertz CT molecular complexity index is 1240. The summed E-state index contributed by atoms with van der Waals surface area (Å²) >= 11 is 0. The summed E-state index contributed by atoms with van der Waals surface area (Å²) in [5.41, 5.74) is 3.47. The lowest BCUT2D eigenvalue weighted by molar-refractivity contribution is -0.192. The van der Waals surface area contributed by atoms with Crippen LogP contribution in [0, 0.1) is 11.7 Å². The molecule has 1 aliphatic heterocycles. The molecule has 1 aliphatic carbocycles. The Hall–Kier alpha value is -3.54. The van der Waals surface area contributed by atoms with Gasteiger partial charge in [-0.3, -0.25) is 9.69 Å². The van der Waals surface area contributed by atoms with Gasteiger partial charge in [0.25, 0.3) is 0 Å². The zero-order valence-corrected chi connectivity index (χ0v) is 18.7. The Labute approximate surface area is 197 Å². The van der Waals surface area contributed by atoms with Crippen LogP contribution in [0.4, 0.5) is 17.6 Å².